The number of unbranched alkanes of at least 4 members (excludes halogenated alkanes) is 20. The van der Waals surface area contributed by atoms with Crippen molar-refractivity contribution in [2.24, 2.45) is 0 Å². The summed E-state index contributed by atoms with van der Waals surface area (Å²) in [6, 6.07) is 0. The van der Waals surface area contributed by atoms with E-state index in [2.05, 4.69) is 13.8 Å². The van der Waals surface area contributed by atoms with Crippen LogP contribution in [-0.2, 0) is 9.13 Å². The molecule has 0 aliphatic rings. The molecule has 0 amide bonds. The van der Waals surface area contributed by atoms with Gasteiger partial charge in [0, 0.05) is 0 Å². The van der Waals surface area contributed by atoms with Crippen molar-refractivity contribution in [1.82, 2.24) is 0 Å². The second-order valence-electron chi connectivity index (χ2n) is 9.74. The van der Waals surface area contributed by atoms with Gasteiger partial charge in [0.2, 0.25) is 0 Å². The molecule has 0 aliphatic heterocycles. The molecule has 0 aliphatic carbocycles. The van der Waals surface area contributed by atoms with Crippen molar-refractivity contribution in [3.8, 4) is 0 Å². The molecule has 0 fully saturated rings. The van der Waals surface area contributed by atoms with E-state index in [1.807, 2.05) is 0 Å². The van der Waals surface area contributed by atoms with Crippen molar-refractivity contribution in [2.75, 3.05) is 12.3 Å². The molecule has 0 bridgehead atoms. The molecular weight excluding hydrogens is 677 g/mol. The van der Waals surface area contributed by atoms with Crippen LogP contribution in [0.3, 0.4) is 0 Å². The summed E-state index contributed by atoms with van der Waals surface area (Å²) in [5.41, 5.74) is 0. The van der Waals surface area contributed by atoms with Crippen molar-refractivity contribution in [3.63, 3.8) is 0 Å². The fourth-order valence-corrected chi connectivity index (χ4v) is 5.16. The Morgan fingerprint density at radius 3 is 0.714 bits per heavy atom. The van der Waals surface area contributed by atoms with Crippen LogP contribution in [0.1, 0.15) is 155 Å². The predicted octanol–water partition coefficient (Wildman–Crippen LogP) is 6.04. The van der Waals surface area contributed by atoms with E-state index in [1.54, 1.807) is 0 Å². The summed E-state index contributed by atoms with van der Waals surface area (Å²) in [7, 11) is -8.49. The Kier molecular flexibility index (Phi) is 34.6. The Morgan fingerprint density at radius 2 is 0.543 bits per heavy atom. The van der Waals surface area contributed by atoms with Crippen molar-refractivity contribution < 1.29 is 28.7 Å². The van der Waals surface area contributed by atoms with Crippen molar-refractivity contribution >= 4 is 42.5 Å². The molecule has 0 unspecified atom stereocenters. The van der Waals surface area contributed by atoms with Gasteiger partial charge >= 0.3 is 27.3 Å². The standard InChI is InChI=1S/2C13H29O3P.Pb/c2*1-2-3-4-5-6-7-8-9-10-11-12-13-17(14,15)16;/h2*2-13H2,1H3,(H2,14,15,16);/q;;+4/p-4. The van der Waals surface area contributed by atoms with Crippen LogP contribution in [0.2, 0.25) is 0 Å². The van der Waals surface area contributed by atoms with E-state index in [4.69, 9.17) is 0 Å². The summed E-state index contributed by atoms with van der Waals surface area (Å²) in [4.78, 5) is 41.5. The van der Waals surface area contributed by atoms with E-state index in [0.717, 1.165) is 25.7 Å². The Bertz CT molecular complexity index is 452. The fraction of sp³-hybridized carbons (Fsp3) is 1.00. The van der Waals surface area contributed by atoms with Gasteiger partial charge < -0.3 is 28.7 Å². The quantitative estimate of drug-likeness (QED) is 0.0677. The van der Waals surface area contributed by atoms with Gasteiger partial charge in [-0.2, -0.15) is 0 Å². The molecule has 0 heterocycles. The molecular formula is C26H54O6P2Pb. The number of rotatable bonds is 24. The molecule has 0 aromatic rings. The topological polar surface area (TPSA) is 126 Å². The van der Waals surface area contributed by atoms with Gasteiger partial charge in [-0.25, -0.2) is 0 Å². The first kappa shape index (κ1) is 40.7. The third-order valence-corrected chi connectivity index (χ3v) is 7.80. The van der Waals surface area contributed by atoms with Crippen LogP contribution < -0.4 is 19.6 Å². The van der Waals surface area contributed by atoms with Gasteiger partial charge in [-0.15, -0.1) is 0 Å². The normalized spacial score (nSPS) is 11.6. The average Bonchev–Trinajstić information content (AvgIpc) is 2.75. The maximum absolute atomic E-state index is 10.4. The fourth-order valence-electron chi connectivity index (χ4n) is 3.94. The Labute approximate surface area is 237 Å². The largest absolute Gasteiger partial charge is 4.00 e. The maximum atomic E-state index is 10.4. The summed E-state index contributed by atoms with van der Waals surface area (Å²) >= 11 is 0. The van der Waals surface area contributed by atoms with Gasteiger partial charge in [0.1, 0.15) is 0 Å². The summed E-state index contributed by atoms with van der Waals surface area (Å²) in [6.07, 6.45) is 25.5. The van der Waals surface area contributed by atoms with Crippen LogP contribution in [-0.4, -0.2) is 39.6 Å². The smallest absolute Gasteiger partial charge is 0.811 e. The zero-order chi connectivity index (χ0) is 26.0. The number of hydrogen-bond acceptors (Lipinski definition) is 6. The van der Waals surface area contributed by atoms with Gasteiger partial charge in [-0.05, 0) is 25.2 Å². The molecule has 0 rings (SSSR count). The molecule has 35 heavy (non-hydrogen) atoms. The molecule has 0 N–H and O–H groups in total. The van der Waals surface area contributed by atoms with Crippen LogP contribution in [0.4, 0.5) is 0 Å². The van der Waals surface area contributed by atoms with Crippen molar-refractivity contribution in [1.29, 1.82) is 0 Å². The monoisotopic (exact) mass is 732 g/mol. The van der Waals surface area contributed by atoms with Crippen LogP contribution >= 0.6 is 15.2 Å². The maximum Gasteiger partial charge on any atom is 4.00 e. The second kappa shape index (κ2) is 29.8. The van der Waals surface area contributed by atoms with E-state index in [1.165, 1.54) is 103 Å². The van der Waals surface area contributed by atoms with Crippen molar-refractivity contribution in [3.05, 3.63) is 0 Å². The minimum absolute atomic E-state index is 0. The molecule has 0 saturated heterocycles. The molecule has 208 valence electrons. The van der Waals surface area contributed by atoms with E-state index < -0.39 is 15.2 Å². The zero-order valence-electron chi connectivity index (χ0n) is 22.8. The molecule has 0 saturated carbocycles. The van der Waals surface area contributed by atoms with Crippen LogP contribution in [0.5, 0.6) is 0 Å². The second-order valence-corrected chi connectivity index (χ2v) is 13.1. The average molecular weight is 732 g/mol. The van der Waals surface area contributed by atoms with Crippen LogP contribution in [0.25, 0.3) is 0 Å². The van der Waals surface area contributed by atoms with Gasteiger partial charge in [0.25, 0.3) is 0 Å². The summed E-state index contributed by atoms with van der Waals surface area (Å²) in [5.74, 6) is 0. The molecule has 9 heteroatoms. The Hall–Kier alpha value is 1.22. The summed E-state index contributed by atoms with van der Waals surface area (Å²) in [6.45, 7) is 4.45. The Balaban J connectivity index is -0.000000569. The van der Waals surface area contributed by atoms with E-state index in [9.17, 15) is 28.7 Å². The van der Waals surface area contributed by atoms with Crippen LogP contribution in [0.15, 0.2) is 0 Å². The third-order valence-electron chi connectivity index (χ3n) is 6.07. The minimum atomic E-state index is -4.24. The summed E-state index contributed by atoms with van der Waals surface area (Å²) < 4.78 is 20.7. The predicted molar refractivity (Wildman–Crippen MR) is 144 cm³/mol. The molecule has 0 spiro atoms. The zero-order valence-corrected chi connectivity index (χ0v) is 28.5. The molecule has 0 aromatic heterocycles. The van der Waals surface area contributed by atoms with Gasteiger partial charge in [-0.1, -0.05) is 157 Å². The van der Waals surface area contributed by atoms with E-state index >= 15 is 0 Å². The first-order valence-electron chi connectivity index (χ1n) is 14.1. The Morgan fingerprint density at radius 1 is 0.371 bits per heavy atom. The van der Waals surface area contributed by atoms with E-state index in [0.29, 0.717) is 12.8 Å². The van der Waals surface area contributed by atoms with Gasteiger partial charge in [0.05, 0.1) is 0 Å². The molecule has 0 radical (unpaired) electrons. The number of hydrogen-bond donors (Lipinski definition) is 0. The first-order chi connectivity index (χ1) is 16.1. The summed E-state index contributed by atoms with van der Waals surface area (Å²) in [5, 5.41) is 0. The molecule has 0 aromatic carbocycles. The minimum Gasteiger partial charge on any atom is -0.811 e. The van der Waals surface area contributed by atoms with Gasteiger partial charge in [-0.3, -0.25) is 0 Å². The molecule has 6 nitrogen and oxygen atoms in total. The van der Waals surface area contributed by atoms with E-state index in [-0.39, 0.29) is 39.6 Å². The third kappa shape index (κ3) is 45.5. The molecule has 0 atom stereocenters. The van der Waals surface area contributed by atoms with Gasteiger partial charge in [0.15, 0.2) is 0 Å². The van der Waals surface area contributed by atoms with Crippen molar-refractivity contribution in [2.45, 2.75) is 155 Å². The SMILES string of the molecule is CCCCCCCCCCCCCP(=O)([O-])[O-].CCCCCCCCCCCCCP(=O)([O-])[O-].[Pb+4]. The first-order valence-corrected chi connectivity index (χ1v) is 17.6. The van der Waals surface area contributed by atoms with Crippen LogP contribution in [0, 0.1) is 0 Å².